The van der Waals surface area contributed by atoms with E-state index in [9.17, 15) is 9.59 Å². The zero-order chi connectivity index (χ0) is 23.2. The number of carbonyl (C=O) groups excluding carboxylic acids is 2. The highest BCUT2D eigenvalue weighted by Gasteiger charge is 2.31. The van der Waals surface area contributed by atoms with Gasteiger partial charge in [-0.3, -0.25) is 14.9 Å². The summed E-state index contributed by atoms with van der Waals surface area (Å²) < 4.78 is 11.6. The Morgan fingerprint density at radius 3 is 2.48 bits per heavy atom. The van der Waals surface area contributed by atoms with Gasteiger partial charge in [-0.1, -0.05) is 35.5 Å². The first-order valence-electron chi connectivity index (χ1n) is 10.2. The Morgan fingerprint density at radius 1 is 1.06 bits per heavy atom. The maximum atomic E-state index is 11.7. The fraction of sp³-hybridized carbons (Fsp3) is 0.217. The fourth-order valence-electron chi connectivity index (χ4n) is 3.10. The summed E-state index contributed by atoms with van der Waals surface area (Å²) in [6, 6.07) is 16.3. The van der Waals surface area contributed by atoms with E-state index in [1.165, 1.54) is 6.33 Å². The molecule has 170 valence electrons. The number of benzene rings is 2. The molecule has 2 amide bonds. The number of aromatic nitrogens is 2. The molecule has 1 aromatic heterocycles. The summed E-state index contributed by atoms with van der Waals surface area (Å²) in [7, 11) is 1.91. The van der Waals surface area contributed by atoms with Crippen molar-refractivity contribution in [2.24, 2.45) is 0 Å². The fourth-order valence-corrected chi connectivity index (χ4v) is 4.08. The quantitative estimate of drug-likeness (QED) is 0.479. The van der Waals surface area contributed by atoms with E-state index in [2.05, 4.69) is 15.3 Å². The molecular formula is C23H21ClN4O4S. The van der Waals surface area contributed by atoms with Gasteiger partial charge in [0.1, 0.15) is 30.3 Å². The first kappa shape index (κ1) is 22.9. The predicted octanol–water partition coefficient (Wildman–Crippen LogP) is 4.33. The number of amides is 2. The Morgan fingerprint density at radius 2 is 1.79 bits per heavy atom. The van der Waals surface area contributed by atoms with Crippen molar-refractivity contribution in [2.45, 2.75) is 11.7 Å². The molecule has 0 aliphatic carbocycles. The molecule has 1 saturated heterocycles. The van der Waals surface area contributed by atoms with Gasteiger partial charge in [-0.25, -0.2) is 9.97 Å². The third-order valence-corrected chi connectivity index (χ3v) is 6.09. The second-order valence-corrected chi connectivity index (χ2v) is 8.88. The lowest BCUT2D eigenvalue weighted by molar-refractivity contribution is -0.118. The zero-order valence-corrected chi connectivity index (χ0v) is 19.3. The van der Waals surface area contributed by atoms with Crippen molar-refractivity contribution in [3.8, 4) is 17.4 Å². The molecule has 8 nitrogen and oxygen atoms in total. The highest BCUT2D eigenvalue weighted by molar-refractivity contribution is 8.15. The Bertz CT molecular complexity index is 1130. The summed E-state index contributed by atoms with van der Waals surface area (Å²) in [5.41, 5.74) is 0.969. The van der Waals surface area contributed by atoms with Crippen LogP contribution in [0.25, 0.3) is 0 Å². The molecule has 1 aliphatic rings. The minimum Gasteiger partial charge on any atom is -0.492 e. The number of rotatable bonds is 9. The molecule has 10 heteroatoms. The van der Waals surface area contributed by atoms with Crippen LogP contribution in [0.15, 0.2) is 60.9 Å². The van der Waals surface area contributed by atoms with Crippen LogP contribution in [0.4, 0.5) is 10.6 Å². The summed E-state index contributed by atoms with van der Waals surface area (Å²) in [5, 5.41) is 2.27. The van der Waals surface area contributed by atoms with Crippen molar-refractivity contribution in [1.29, 1.82) is 0 Å². The Kier molecular flexibility index (Phi) is 7.31. The smallest absolute Gasteiger partial charge is 0.286 e. The number of thioether (sulfide) groups is 1. The first-order chi connectivity index (χ1) is 16.0. The predicted molar refractivity (Wildman–Crippen MR) is 127 cm³/mol. The van der Waals surface area contributed by atoms with E-state index in [1.807, 2.05) is 36.2 Å². The lowest BCUT2D eigenvalue weighted by atomic mass is 10.1. The number of hydrogen-bond donors (Lipinski definition) is 1. The molecule has 2 heterocycles. The van der Waals surface area contributed by atoms with E-state index in [1.54, 1.807) is 30.3 Å². The van der Waals surface area contributed by atoms with Crippen LogP contribution < -0.4 is 19.7 Å². The maximum Gasteiger partial charge on any atom is 0.286 e. The van der Waals surface area contributed by atoms with Crippen molar-refractivity contribution in [3.05, 3.63) is 71.5 Å². The highest BCUT2D eigenvalue weighted by Crippen LogP contribution is 2.25. The van der Waals surface area contributed by atoms with E-state index in [-0.39, 0.29) is 16.4 Å². The molecule has 0 saturated carbocycles. The number of hydrogen-bond acceptors (Lipinski definition) is 8. The molecule has 4 rings (SSSR count). The number of likely N-dealkylation sites (N-methyl/N-ethyl adjacent to an activating group) is 1. The summed E-state index contributed by atoms with van der Waals surface area (Å²) >= 11 is 6.93. The molecule has 1 unspecified atom stereocenters. The van der Waals surface area contributed by atoms with Gasteiger partial charge in [0.25, 0.3) is 5.24 Å². The van der Waals surface area contributed by atoms with Crippen LogP contribution in [-0.4, -0.2) is 46.6 Å². The summed E-state index contributed by atoms with van der Waals surface area (Å²) in [5.74, 6) is 2.26. The molecule has 0 radical (unpaired) electrons. The second kappa shape index (κ2) is 10.5. The van der Waals surface area contributed by atoms with Gasteiger partial charge < -0.3 is 14.4 Å². The Labute approximate surface area is 200 Å². The van der Waals surface area contributed by atoms with Crippen molar-refractivity contribution in [1.82, 2.24) is 15.3 Å². The van der Waals surface area contributed by atoms with Crippen molar-refractivity contribution < 1.29 is 19.1 Å². The highest BCUT2D eigenvalue weighted by atomic mass is 35.5. The van der Waals surface area contributed by atoms with E-state index in [0.717, 1.165) is 23.1 Å². The number of anilines is 1. The largest absolute Gasteiger partial charge is 0.492 e. The minimum atomic E-state index is -0.376. The SMILES string of the molecule is CN(CCOc1ccc(CC2SC(=O)NC2=O)cc1)c1cc(Oc2ccc(Cl)cc2)ncn1. The molecule has 1 atom stereocenters. The number of nitrogens with one attached hydrogen (secondary N) is 1. The van der Waals surface area contributed by atoms with E-state index in [4.69, 9.17) is 21.1 Å². The van der Waals surface area contributed by atoms with Gasteiger partial charge in [0.05, 0.1) is 11.8 Å². The lowest BCUT2D eigenvalue weighted by Crippen LogP contribution is -2.25. The molecule has 0 bridgehead atoms. The van der Waals surface area contributed by atoms with Crippen LogP contribution in [0.3, 0.4) is 0 Å². The molecule has 33 heavy (non-hydrogen) atoms. The average molecular weight is 485 g/mol. The number of nitrogens with zero attached hydrogens (tertiary/aromatic N) is 3. The maximum absolute atomic E-state index is 11.7. The third-order valence-electron chi connectivity index (χ3n) is 4.86. The summed E-state index contributed by atoms with van der Waals surface area (Å²) in [6.07, 6.45) is 1.95. The van der Waals surface area contributed by atoms with Crippen LogP contribution in [0.2, 0.25) is 5.02 Å². The molecule has 1 N–H and O–H groups in total. The van der Waals surface area contributed by atoms with Crippen LogP contribution in [0.1, 0.15) is 5.56 Å². The van der Waals surface area contributed by atoms with E-state index in [0.29, 0.717) is 42.0 Å². The van der Waals surface area contributed by atoms with E-state index >= 15 is 0 Å². The van der Waals surface area contributed by atoms with Crippen molar-refractivity contribution in [2.75, 3.05) is 25.1 Å². The van der Waals surface area contributed by atoms with Crippen LogP contribution >= 0.6 is 23.4 Å². The van der Waals surface area contributed by atoms with Gasteiger partial charge in [0.2, 0.25) is 11.8 Å². The van der Waals surface area contributed by atoms with Gasteiger partial charge >= 0.3 is 0 Å². The van der Waals surface area contributed by atoms with Crippen molar-refractivity contribution in [3.63, 3.8) is 0 Å². The van der Waals surface area contributed by atoms with Gasteiger partial charge in [-0.15, -0.1) is 0 Å². The standard InChI is InChI=1S/C23H21ClN4O4S/c1-28(20-13-21(26-14-25-20)32-18-8-4-16(24)5-9-18)10-11-31-17-6-2-15(3-7-17)12-19-22(29)27-23(30)33-19/h2-9,13-14,19H,10-12H2,1H3,(H,27,29,30). The Balaban J connectivity index is 1.26. The number of imide groups is 1. The normalized spacial score (nSPS) is 15.3. The minimum absolute atomic E-state index is 0.236. The molecule has 3 aromatic rings. The first-order valence-corrected chi connectivity index (χ1v) is 11.4. The molecular weight excluding hydrogens is 464 g/mol. The molecule has 0 spiro atoms. The molecule has 1 aliphatic heterocycles. The average Bonchev–Trinajstić information content (AvgIpc) is 3.13. The summed E-state index contributed by atoms with van der Waals surface area (Å²) in [6.45, 7) is 1.04. The van der Waals surface area contributed by atoms with Gasteiger partial charge in [0.15, 0.2) is 0 Å². The van der Waals surface area contributed by atoms with Crippen molar-refractivity contribution >= 4 is 40.3 Å². The van der Waals surface area contributed by atoms with Crippen LogP contribution in [0, 0.1) is 0 Å². The van der Waals surface area contributed by atoms with Crippen LogP contribution in [-0.2, 0) is 11.2 Å². The Hall–Kier alpha value is -3.30. The zero-order valence-electron chi connectivity index (χ0n) is 17.7. The van der Waals surface area contributed by atoms with Gasteiger partial charge in [-0.2, -0.15) is 0 Å². The number of ether oxygens (including phenoxy) is 2. The van der Waals surface area contributed by atoms with E-state index < -0.39 is 0 Å². The third kappa shape index (κ3) is 6.36. The second-order valence-electron chi connectivity index (χ2n) is 7.27. The van der Waals surface area contributed by atoms with Gasteiger partial charge in [-0.05, 0) is 48.4 Å². The molecule has 1 fully saturated rings. The topological polar surface area (TPSA) is 93.7 Å². The lowest BCUT2D eigenvalue weighted by Gasteiger charge is -2.18. The number of halogens is 1. The van der Waals surface area contributed by atoms with Crippen LogP contribution in [0.5, 0.6) is 17.4 Å². The summed E-state index contributed by atoms with van der Waals surface area (Å²) in [4.78, 5) is 33.4. The number of carbonyl (C=O) groups is 2. The monoisotopic (exact) mass is 484 g/mol. The molecule has 2 aromatic carbocycles. The van der Waals surface area contributed by atoms with Gasteiger partial charge in [0, 0.05) is 18.1 Å².